The van der Waals surface area contributed by atoms with E-state index in [2.05, 4.69) is 30.0 Å². The Labute approximate surface area is 125 Å². The van der Waals surface area contributed by atoms with E-state index >= 15 is 0 Å². The second-order valence-electron chi connectivity index (χ2n) is 5.23. The molecule has 1 N–H and O–H groups in total. The van der Waals surface area contributed by atoms with Crippen LogP contribution in [0.2, 0.25) is 0 Å². The van der Waals surface area contributed by atoms with Crippen LogP contribution >= 0.6 is 0 Å². The highest BCUT2D eigenvalue weighted by Crippen LogP contribution is 2.23. The summed E-state index contributed by atoms with van der Waals surface area (Å²) in [6.45, 7) is 0.449. The van der Waals surface area contributed by atoms with Crippen molar-refractivity contribution >= 4 is 0 Å². The van der Waals surface area contributed by atoms with Gasteiger partial charge >= 0.3 is 0 Å². The first-order valence-electron chi connectivity index (χ1n) is 7.28. The summed E-state index contributed by atoms with van der Waals surface area (Å²) in [5.41, 5.74) is 5.02. The molecule has 3 rings (SSSR count). The number of hydrogen-bond donors (Lipinski definition) is 1. The lowest BCUT2D eigenvalue weighted by molar-refractivity contribution is 0.306. The molecule has 2 nitrogen and oxygen atoms in total. The molecule has 0 spiro atoms. The quantitative estimate of drug-likeness (QED) is 0.874. The molecule has 0 unspecified atom stereocenters. The minimum Gasteiger partial charge on any atom is -0.489 e. The third-order valence-corrected chi connectivity index (χ3v) is 3.71. The predicted octanol–water partition coefficient (Wildman–Crippen LogP) is 3.10. The number of ether oxygens (including phenoxy) is 1. The van der Waals surface area contributed by atoms with Crippen molar-refractivity contribution in [3.05, 3.63) is 64.7 Å². The Morgan fingerprint density at radius 1 is 1.05 bits per heavy atom. The van der Waals surface area contributed by atoms with Crippen LogP contribution in [0.4, 0.5) is 0 Å². The molecule has 0 saturated carbocycles. The van der Waals surface area contributed by atoms with Gasteiger partial charge < -0.3 is 9.84 Å². The number of hydrogen-bond acceptors (Lipinski definition) is 2. The van der Waals surface area contributed by atoms with Crippen LogP contribution in [0, 0.1) is 11.8 Å². The van der Waals surface area contributed by atoms with Crippen LogP contribution < -0.4 is 4.74 Å². The molecule has 21 heavy (non-hydrogen) atoms. The number of aliphatic hydroxyl groups excluding tert-OH is 1. The van der Waals surface area contributed by atoms with Gasteiger partial charge in [-0.2, -0.15) is 0 Å². The first-order chi connectivity index (χ1) is 10.3. The highest BCUT2D eigenvalue weighted by molar-refractivity contribution is 5.40. The van der Waals surface area contributed by atoms with Gasteiger partial charge in [0, 0.05) is 5.56 Å². The minimum atomic E-state index is -0.125. The zero-order chi connectivity index (χ0) is 14.5. The first kappa shape index (κ1) is 13.7. The second kappa shape index (κ2) is 6.47. The Balaban J connectivity index is 1.67. The second-order valence-corrected chi connectivity index (χ2v) is 5.23. The van der Waals surface area contributed by atoms with Crippen molar-refractivity contribution in [3.8, 4) is 17.6 Å². The van der Waals surface area contributed by atoms with Crippen molar-refractivity contribution in [2.45, 2.75) is 25.9 Å². The average molecular weight is 278 g/mol. The van der Waals surface area contributed by atoms with E-state index in [1.807, 2.05) is 24.3 Å². The van der Waals surface area contributed by atoms with Crippen LogP contribution in [0.1, 0.15) is 28.7 Å². The molecule has 2 aromatic carbocycles. The van der Waals surface area contributed by atoms with Crippen molar-refractivity contribution in [1.29, 1.82) is 0 Å². The summed E-state index contributed by atoms with van der Waals surface area (Å²) >= 11 is 0. The Hall–Kier alpha value is -2.24. The third-order valence-electron chi connectivity index (χ3n) is 3.71. The summed E-state index contributed by atoms with van der Waals surface area (Å²) in [7, 11) is 0. The third kappa shape index (κ3) is 3.45. The Bertz CT molecular complexity index is 692. The number of aliphatic hydroxyl groups is 1. The van der Waals surface area contributed by atoms with E-state index < -0.39 is 0 Å². The largest absolute Gasteiger partial charge is 0.489 e. The molecule has 2 aromatic rings. The SMILES string of the molecule is OCC#Cc1cccc(OCc2ccc3c(c2)CCC3)c1. The maximum Gasteiger partial charge on any atom is 0.121 e. The van der Waals surface area contributed by atoms with Crippen LogP contribution in [0.5, 0.6) is 5.75 Å². The topological polar surface area (TPSA) is 29.5 Å². The van der Waals surface area contributed by atoms with Gasteiger partial charge in [0.1, 0.15) is 19.0 Å². The van der Waals surface area contributed by atoms with Gasteiger partial charge in [-0.3, -0.25) is 0 Å². The normalized spacial score (nSPS) is 12.4. The average Bonchev–Trinajstić information content (AvgIpc) is 2.99. The Morgan fingerprint density at radius 2 is 1.95 bits per heavy atom. The lowest BCUT2D eigenvalue weighted by Gasteiger charge is -2.08. The zero-order valence-corrected chi connectivity index (χ0v) is 11.9. The van der Waals surface area contributed by atoms with Gasteiger partial charge in [-0.1, -0.05) is 36.1 Å². The number of benzene rings is 2. The molecule has 0 fully saturated rings. The smallest absolute Gasteiger partial charge is 0.121 e. The van der Waals surface area contributed by atoms with Gasteiger partial charge in [0.15, 0.2) is 0 Å². The highest BCUT2D eigenvalue weighted by atomic mass is 16.5. The summed E-state index contributed by atoms with van der Waals surface area (Å²) in [6, 6.07) is 14.3. The molecule has 1 aliphatic rings. The van der Waals surface area contributed by atoms with Crippen LogP contribution in [-0.4, -0.2) is 11.7 Å². The molecule has 1 aliphatic carbocycles. The van der Waals surface area contributed by atoms with Crippen molar-refractivity contribution in [3.63, 3.8) is 0 Å². The Morgan fingerprint density at radius 3 is 2.86 bits per heavy atom. The maximum atomic E-state index is 8.72. The van der Waals surface area contributed by atoms with Gasteiger partial charge in [0.25, 0.3) is 0 Å². The van der Waals surface area contributed by atoms with Crippen LogP contribution in [-0.2, 0) is 19.4 Å². The number of fused-ring (bicyclic) bond motifs is 1. The molecule has 0 aliphatic heterocycles. The first-order valence-corrected chi connectivity index (χ1v) is 7.28. The van der Waals surface area contributed by atoms with Gasteiger partial charge in [-0.15, -0.1) is 0 Å². The lowest BCUT2D eigenvalue weighted by atomic mass is 10.1. The molecule has 106 valence electrons. The van der Waals surface area contributed by atoms with Crippen LogP contribution in [0.3, 0.4) is 0 Å². The zero-order valence-electron chi connectivity index (χ0n) is 11.9. The molecular formula is C19H18O2. The number of rotatable bonds is 3. The van der Waals surface area contributed by atoms with E-state index in [1.54, 1.807) is 0 Å². The van der Waals surface area contributed by atoms with Crippen LogP contribution in [0.15, 0.2) is 42.5 Å². The summed E-state index contributed by atoms with van der Waals surface area (Å²) in [5.74, 6) is 6.34. The van der Waals surface area contributed by atoms with Crippen molar-refractivity contribution in [2.75, 3.05) is 6.61 Å². The summed E-state index contributed by atoms with van der Waals surface area (Å²) in [5, 5.41) is 8.72. The van der Waals surface area contributed by atoms with Gasteiger partial charge in [-0.25, -0.2) is 0 Å². The summed E-state index contributed by atoms with van der Waals surface area (Å²) in [6.07, 6.45) is 3.67. The fourth-order valence-corrected chi connectivity index (χ4v) is 2.69. The van der Waals surface area contributed by atoms with E-state index in [9.17, 15) is 0 Å². The van der Waals surface area contributed by atoms with E-state index in [1.165, 1.54) is 36.0 Å². The molecule has 0 amide bonds. The number of aryl methyl sites for hydroxylation is 2. The van der Waals surface area contributed by atoms with Crippen molar-refractivity contribution in [1.82, 2.24) is 0 Å². The van der Waals surface area contributed by atoms with E-state index in [4.69, 9.17) is 9.84 Å². The molecule has 0 radical (unpaired) electrons. The van der Waals surface area contributed by atoms with Crippen LogP contribution in [0.25, 0.3) is 0 Å². The summed E-state index contributed by atoms with van der Waals surface area (Å²) in [4.78, 5) is 0. The lowest BCUT2D eigenvalue weighted by Crippen LogP contribution is -1.97. The molecular weight excluding hydrogens is 260 g/mol. The predicted molar refractivity (Wildman–Crippen MR) is 83.2 cm³/mol. The van der Waals surface area contributed by atoms with Crippen molar-refractivity contribution in [2.24, 2.45) is 0 Å². The highest BCUT2D eigenvalue weighted by Gasteiger charge is 2.10. The van der Waals surface area contributed by atoms with Gasteiger partial charge in [0.05, 0.1) is 0 Å². The van der Waals surface area contributed by atoms with E-state index in [0.29, 0.717) is 6.61 Å². The maximum absolute atomic E-state index is 8.72. The molecule has 0 aromatic heterocycles. The van der Waals surface area contributed by atoms with Gasteiger partial charge in [-0.05, 0) is 54.2 Å². The standard InChI is InChI=1S/C19H18O2/c20-11-3-5-15-4-1-8-19(13-15)21-14-16-9-10-17-6-2-7-18(17)12-16/h1,4,8-10,12-13,20H,2,6-7,11,14H2. The molecule has 0 saturated heterocycles. The molecule has 0 heterocycles. The Kier molecular flexibility index (Phi) is 4.23. The van der Waals surface area contributed by atoms with Gasteiger partial charge in [0.2, 0.25) is 0 Å². The fraction of sp³-hybridized carbons (Fsp3) is 0.263. The molecule has 0 bridgehead atoms. The fourth-order valence-electron chi connectivity index (χ4n) is 2.69. The van der Waals surface area contributed by atoms with Crippen molar-refractivity contribution < 1.29 is 9.84 Å². The molecule has 2 heteroatoms. The summed E-state index contributed by atoms with van der Waals surface area (Å²) < 4.78 is 5.84. The van der Waals surface area contributed by atoms with E-state index in [0.717, 1.165) is 11.3 Å². The minimum absolute atomic E-state index is 0.125. The monoisotopic (exact) mass is 278 g/mol. The van der Waals surface area contributed by atoms with E-state index in [-0.39, 0.29) is 6.61 Å². The molecule has 0 atom stereocenters.